The lowest BCUT2D eigenvalue weighted by Gasteiger charge is -2.16. The second-order valence-corrected chi connectivity index (χ2v) is 3.71. The molecule has 7 heteroatoms. The van der Waals surface area contributed by atoms with Gasteiger partial charge in [-0.05, 0) is 6.07 Å². The van der Waals surface area contributed by atoms with Gasteiger partial charge in [-0.25, -0.2) is 18.5 Å². The average molecular weight is 255 g/mol. The average Bonchev–Trinajstić information content (AvgIpc) is 2.62. The molecule has 1 aromatic carbocycles. The van der Waals surface area contributed by atoms with Crippen LogP contribution in [0.1, 0.15) is 23.2 Å². The molecule has 2 amide bonds. The molecular formula is C11H7F2NO4. The lowest BCUT2D eigenvalue weighted by atomic mass is 10.1. The SMILES string of the molecule is O=C(O)c1cc(F)c(F)cc1N1C(=O)CCC1=O. The second kappa shape index (κ2) is 4.17. The maximum absolute atomic E-state index is 13.1. The smallest absolute Gasteiger partial charge is 0.337 e. The molecule has 1 fully saturated rings. The first-order valence-corrected chi connectivity index (χ1v) is 5.00. The van der Waals surface area contributed by atoms with Gasteiger partial charge in [-0.3, -0.25) is 9.59 Å². The fourth-order valence-electron chi connectivity index (χ4n) is 1.74. The Labute approximate surface area is 99.6 Å². The molecule has 0 saturated carbocycles. The topological polar surface area (TPSA) is 74.7 Å². The van der Waals surface area contributed by atoms with Crippen molar-refractivity contribution in [1.29, 1.82) is 0 Å². The van der Waals surface area contributed by atoms with Crippen LogP contribution in [0.2, 0.25) is 0 Å². The first-order valence-electron chi connectivity index (χ1n) is 5.00. The Morgan fingerprint density at radius 3 is 2.11 bits per heavy atom. The summed E-state index contributed by atoms with van der Waals surface area (Å²) in [5.41, 5.74) is -1.06. The van der Waals surface area contributed by atoms with Crippen LogP contribution in [0.5, 0.6) is 0 Å². The van der Waals surface area contributed by atoms with Crippen molar-refractivity contribution in [3.05, 3.63) is 29.3 Å². The van der Waals surface area contributed by atoms with Crippen LogP contribution in [0.4, 0.5) is 14.5 Å². The van der Waals surface area contributed by atoms with Gasteiger partial charge in [-0.1, -0.05) is 0 Å². The van der Waals surface area contributed by atoms with Gasteiger partial charge in [0, 0.05) is 18.9 Å². The van der Waals surface area contributed by atoms with Gasteiger partial charge in [-0.2, -0.15) is 0 Å². The third kappa shape index (κ3) is 1.83. The Morgan fingerprint density at radius 2 is 1.61 bits per heavy atom. The lowest BCUT2D eigenvalue weighted by Crippen LogP contribution is -2.30. The maximum Gasteiger partial charge on any atom is 0.337 e. The summed E-state index contributed by atoms with van der Waals surface area (Å²) in [5.74, 6) is -5.48. The van der Waals surface area contributed by atoms with Crippen molar-refractivity contribution in [2.24, 2.45) is 0 Å². The number of nitrogens with zero attached hydrogens (tertiary/aromatic N) is 1. The summed E-state index contributed by atoms with van der Waals surface area (Å²) in [4.78, 5) is 34.4. The molecule has 18 heavy (non-hydrogen) atoms. The number of rotatable bonds is 2. The fraction of sp³-hybridized carbons (Fsp3) is 0.182. The van der Waals surface area contributed by atoms with E-state index in [-0.39, 0.29) is 12.8 Å². The number of carbonyl (C=O) groups is 3. The lowest BCUT2D eigenvalue weighted by molar-refractivity contribution is -0.121. The minimum atomic E-state index is -1.55. The normalized spacial score (nSPS) is 15.3. The minimum Gasteiger partial charge on any atom is -0.478 e. The number of carbonyl (C=O) groups excluding carboxylic acids is 2. The molecule has 5 nitrogen and oxygen atoms in total. The number of carboxylic acids is 1. The van der Waals surface area contributed by atoms with Gasteiger partial charge in [-0.15, -0.1) is 0 Å². The van der Waals surface area contributed by atoms with Crippen LogP contribution in [0.25, 0.3) is 0 Å². The Morgan fingerprint density at radius 1 is 1.11 bits per heavy atom. The molecule has 0 aliphatic carbocycles. The zero-order valence-electron chi connectivity index (χ0n) is 8.94. The summed E-state index contributed by atoms with van der Waals surface area (Å²) in [6, 6.07) is 0.992. The highest BCUT2D eigenvalue weighted by Gasteiger charge is 2.33. The molecule has 0 aromatic heterocycles. The Kier molecular flexibility index (Phi) is 2.82. The Hall–Kier alpha value is -2.31. The molecule has 1 saturated heterocycles. The van der Waals surface area contributed by atoms with Crippen molar-refractivity contribution in [1.82, 2.24) is 0 Å². The maximum atomic E-state index is 13.1. The first-order chi connectivity index (χ1) is 8.41. The minimum absolute atomic E-state index is 0.0725. The Balaban J connectivity index is 2.62. The third-order valence-electron chi connectivity index (χ3n) is 2.56. The molecular weight excluding hydrogens is 248 g/mol. The van der Waals surface area contributed by atoms with E-state index in [1.165, 1.54) is 0 Å². The zero-order chi connectivity index (χ0) is 13.4. The second-order valence-electron chi connectivity index (χ2n) is 3.71. The van der Waals surface area contributed by atoms with Gasteiger partial charge >= 0.3 is 5.97 Å². The molecule has 1 heterocycles. The summed E-state index contributed by atoms with van der Waals surface area (Å²) in [6.45, 7) is 0. The standard InChI is InChI=1S/C11H7F2NO4/c12-6-3-5(11(17)18)8(4-7(6)13)14-9(15)1-2-10(14)16/h3-4H,1-2H2,(H,17,18). The van der Waals surface area contributed by atoms with Crippen molar-refractivity contribution in [3.8, 4) is 0 Å². The number of benzene rings is 1. The third-order valence-corrected chi connectivity index (χ3v) is 2.56. The number of halogens is 2. The van der Waals surface area contributed by atoms with Gasteiger partial charge in [0.25, 0.3) is 0 Å². The molecule has 1 aliphatic rings. The number of anilines is 1. The molecule has 2 rings (SSSR count). The number of imide groups is 1. The quantitative estimate of drug-likeness (QED) is 0.808. The number of carboxylic acid groups (broad SMARTS) is 1. The number of aromatic carboxylic acids is 1. The van der Waals surface area contributed by atoms with E-state index >= 15 is 0 Å². The molecule has 0 bridgehead atoms. The summed E-state index contributed by atoms with van der Waals surface area (Å²) >= 11 is 0. The highest BCUT2D eigenvalue weighted by atomic mass is 19.2. The van der Waals surface area contributed by atoms with Crippen molar-refractivity contribution in [3.63, 3.8) is 0 Å². The highest BCUT2D eigenvalue weighted by molar-refractivity contribution is 6.21. The van der Waals surface area contributed by atoms with Gasteiger partial charge in [0.15, 0.2) is 11.6 Å². The zero-order valence-corrected chi connectivity index (χ0v) is 8.94. The molecule has 0 unspecified atom stereocenters. The van der Waals surface area contributed by atoms with Crippen LogP contribution in [-0.4, -0.2) is 22.9 Å². The number of hydrogen-bond donors (Lipinski definition) is 1. The summed E-state index contributed by atoms with van der Waals surface area (Å²) in [6.07, 6.45) is -0.145. The number of hydrogen-bond acceptors (Lipinski definition) is 3. The van der Waals surface area contributed by atoms with Gasteiger partial charge in [0.2, 0.25) is 11.8 Å². The van der Waals surface area contributed by atoms with E-state index in [0.29, 0.717) is 17.0 Å². The van der Waals surface area contributed by atoms with E-state index in [1.807, 2.05) is 0 Å². The van der Waals surface area contributed by atoms with Crippen LogP contribution in [0, 0.1) is 11.6 Å². The van der Waals surface area contributed by atoms with E-state index in [0.717, 1.165) is 0 Å². The molecule has 0 atom stereocenters. The summed E-state index contributed by atoms with van der Waals surface area (Å²) in [7, 11) is 0. The van der Waals surface area contributed by atoms with E-state index in [9.17, 15) is 23.2 Å². The van der Waals surface area contributed by atoms with Crippen LogP contribution >= 0.6 is 0 Å². The van der Waals surface area contributed by atoms with Gasteiger partial charge < -0.3 is 5.11 Å². The van der Waals surface area contributed by atoms with Crippen molar-refractivity contribution in [2.45, 2.75) is 12.8 Å². The molecule has 1 aliphatic heterocycles. The van der Waals surface area contributed by atoms with Crippen LogP contribution in [0.3, 0.4) is 0 Å². The Bertz CT molecular complexity index is 554. The van der Waals surface area contributed by atoms with E-state index < -0.39 is 40.7 Å². The van der Waals surface area contributed by atoms with E-state index in [2.05, 4.69) is 0 Å². The van der Waals surface area contributed by atoms with Crippen LogP contribution in [0.15, 0.2) is 12.1 Å². The fourth-order valence-corrected chi connectivity index (χ4v) is 1.74. The molecule has 1 N–H and O–H groups in total. The van der Waals surface area contributed by atoms with E-state index in [4.69, 9.17) is 5.11 Å². The molecule has 94 valence electrons. The van der Waals surface area contributed by atoms with Crippen molar-refractivity contribution >= 4 is 23.5 Å². The van der Waals surface area contributed by atoms with E-state index in [1.54, 1.807) is 0 Å². The van der Waals surface area contributed by atoms with Crippen LogP contribution in [-0.2, 0) is 9.59 Å². The molecule has 1 aromatic rings. The molecule has 0 spiro atoms. The predicted octanol–water partition coefficient (Wildman–Crippen LogP) is 1.32. The molecule has 0 radical (unpaired) electrons. The summed E-state index contributed by atoms with van der Waals surface area (Å²) in [5, 5.41) is 8.88. The van der Waals surface area contributed by atoms with Crippen LogP contribution < -0.4 is 4.90 Å². The highest BCUT2D eigenvalue weighted by Crippen LogP contribution is 2.28. The summed E-state index contributed by atoms with van der Waals surface area (Å²) < 4.78 is 26.1. The largest absolute Gasteiger partial charge is 0.478 e. The van der Waals surface area contributed by atoms with Gasteiger partial charge in [0.1, 0.15) is 0 Å². The van der Waals surface area contributed by atoms with Crippen molar-refractivity contribution in [2.75, 3.05) is 4.90 Å². The first kappa shape index (κ1) is 12.2. The van der Waals surface area contributed by atoms with Crippen molar-refractivity contribution < 1.29 is 28.3 Å². The van der Waals surface area contributed by atoms with Gasteiger partial charge in [0.05, 0.1) is 11.3 Å². The predicted molar refractivity (Wildman–Crippen MR) is 55.0 cm³/mol. The number of amides is 2. The monoisotopic (exact) mass is 255 g/mol.